The molecule has 0 radical (unpaired) electrons. The van der Waals surface area contributed by atoms with Gasteiger partial charge in [-0.05, 0) is 36.8 Å². The number of benzene rings is 3. The number of para-hydroxylation sites is 1. The summed E-state index contributed by atoms with van der Waals surface area (Å²) in [6.45, 7) is 2.54. The summed E-state index contributed by atoms with van der Waals surface area (Å²) in [6, 6.07) is 20.3. The predicted molar refractivity (Wildman–Crippen MR) is 129 cm³/mol. The summed E-state index contributed by atoms with van der Waals surface area (Å²) >= 11 is 0. The number of aromatic nitrogens is 2. The van der Waals surface area contributed by atoms with Crippen molar-refractivity contribution in [3.05, 3.63) is 101 Å². The van der Waals surface area contributed by atoms with Crippen molar-refractivity contribution in [2.75, 3.05) is 17.2 Å². The van der Waals surface area contributed by atoms with Gasteiger partial charge in [0.25, 0.3) is 0 Å². The fraction of sp³-hybridized carbons (Fsp3) is 0.111. The molecule has 2 heterocycles. The topological polar surface area (TPSA) is 49.8 Å². The van der Waals surface area contributed by atoms with Crippen molar-refractivity contribution in [2.45, 2.75) is 13.1 Å². The Balaban J connectivity index is 1.68. The Morgan fingerprint density at radius 3 is 2.23 bits per heavy atom. The molecule has 0 unspecified atom stereocenters. The normalized spacial score (nSPS) is 13.3. The van der Waals surface area contributed by atoms with Crippen LogP contribution in [0, 0.1) is 5.82 Å². The van der Waals surface area contributed by atoms with Gasteiger partial charge < -0.3 is 10.6 Å². The van der Waals surface area contributed by atoms with Crippen LogP contribution in [0.5, 0.6) is 0 Å². The molecular weight excluding hydrogens is 456 g/mol. The molecule has 0 fully saturated rings. The van der Waals surface area contributed by atoms with Crippen molar-refractivity contribution in [2.24, 2.45) is 0 Å². The molecule has 4 aromatic rings. The van der Waals surface area contributed by atoms with E-state index in [2.05, 4.69) is 20.6 Å². The predicted octanol–water partition coefficient (Wildman–Crippen LogP) is 7.24. The van der Waals surface area contributed by atoms with Crippen LogP contribution in [0.1, 0.15) is 18.1 Å². The average Bonchev–Trinajstić information content (AvgIpc) is 2.85. The molecular formula is C27H20F4N4. The number of halogens is 4. The van der Waals surface area contributed by atoms with Gasteiger partial charge in [0.05, 0.1) is 11.3 Å². The Kier molecular flexibility index (Phi) is 5.72. The zero-order valence-corrected chi connectivity index (χ0v) is 18.6. The van der Waals surface area contributed by atoms with Crippen molar-refractivity contribution in [3.63, 3.8) is 0 Å². The van der Waals surface area contributed by atoms with Gasteiger partial charge in [-0.3, -0.25) is 0 Å². The van der Waals surface area contributed by atoms with Crippen LogP contribution >= 0.6 is 0 Å². The van der Waals surface area contributed by atoms with Gasteiger partial charge >= 0.3 is 6.18 Å². The van der Waals surface area contributed by atoms with Crippen molar-refractivity contribution in [1.82, 2.24) is 9.97 Å². The van der Waals surface area contributed by atoms with Gasteiger partial charge in [-0.2, -0.15) is 13.2 Å². The number of hydrogen-bond acceptors (Lipinski definition) is 4. The summed E-state index contributed by atoms with van der Waals surface area (Å²) in [5.74, 6) is -0.423. The maximum absolute atomic E-state index is 14.6. The molecule has 1 aromatic heterocycles. The lowest BCUT2D eigenvalue weighted by Crippen LogP contribution is -2.17. The minimum atomic E-state index is -4.60. The summed E-state index contributed by atoms with van der Waals surface area (Å²) in [7, 11) is 0. The molecule has 3 aromatic carbocycles. The average molecular weight is 476 g/mol. The number of fused-ring (bicyclic) bond motifs is 1. The highest BCUT2D eigenvalue weighted by molar-refractivity contribution is 5.87. The van der Waals surface area contributed by atoms with E-state index < -0.39 is 17.6 Å². The van der Waals surface area contributed by atoms with Gasteiger partial charge in [0, 0.05) is 40.7 Å². The molecule has 0 spiro atoms. The van der Waals surface area contributed by atoms with Crippen LogP contribution in [0.15, 0.2) is 84.4 Å². The van der Waals surface area contributed by atoms with Crippen LogP contribution in [-0.4, -0.2) is 16.5 Å². The summed E-state index contributed by atoms with van der Waals surface area (Å²) in [6.07, 6.45) is -4.60. The van der Waals surface area contributed by atoms with E-state index in [1.165, 1.54) is 30.3 Å². The van der Waals surface area contributed by atoms with E-state index in [0.717, 1.165) is 28.6 Å². The van der Waals surface area contributed by atoms with Gasteiger partial charge in [0.15, 0.2) is 5.82 Å². The number of anilines is 2. The molecule has 4 nitrogen and oxygen atoms in total. The largest absolute Gasteiger partial charge is 0.417 e. The zero-order valence-electron chi connectivity index (χ0n) is 18.6. The SMILES string of the molecule is CC1=C(Nc2cc(-c3ccccc3F)nc(-c3ccccc3C(F)(F)F)n2)c2ccccc2NC1. The zero-order chi connectivity index (χ0) is 24.6. The van der Waals surface area contributed by atoms with E-state index in [1.54, 1.807) is 18.2 Å². The van der Waals surface area contributed by atoms with E-state index >= 15 is 0 Å². The lowest BCUT2D eigenvalue weighted by Gasteiger charge is -2.24. The molecule has 0 bridgehead atoms. The van der Waals surface area contributed by atoms with E-state index in [4.69, 9.17) is 0 Å². The standard InChI is InChI=1S/C27H20F4N4/c1-16-15-32-22-13-7-4-10-19(22)25(16)34-24-14-23(18-9-3-6-12-21(18)28)33-26(35-24)17-8-2-5-11-20(17)27(29,30)31/h2-14,32H,15H2,1H3,(H,33,34,35). The van der Waals surface area contributed by atoms with Gasteiger partial charge in [0.2, 0.25) is 0 Å². The van der Waals surface area contributed by atoms with Crippen LogP contribution in [0.2, 0.25) is 0 Å². The molecule has 5 rings (SSSR count). The van der Waals surface area contributed by atoms with Crippen molar-refractivity contribution in [1.29, 1.82) is 0 Å². The van der Waals surface area contributed by atoms with E-state index in [9.17, 15) is 17.6 Å². The first kappa shape index (κ1) is 22.6. The van der Waals surface area contributed by atoms with Gasteiger partial charge in [-0.1, -0.05) is 48.5 Å². The molecule has 0 saturated heterocycles. The smallest absolute Gasteiger partial charge is 0.381 e. The molecule has 35 heavy (non-hydrogen) atoms. The Hall–Kier alpha value is -4.20. The summed E-state index contributed by atoms with van der Waals surface area (Å²) < 4.78 is 55.9. The molecule has 0 atom stereocenters. The lowest BCUT2D eigenvalue weighted by molar-refractivity contribution is -0.137. The van der Waals surface area contributed by atoms with Crippen LogP contribution in [-0.2, 0) is 6.18 Å². The molecule has 0 saturated carbocycles. The molecule has 1 aliphatic heterocycles. The first-order chi connectivity index (χ1) is 16.8. The molecule has 176 valence electrons. The van der Waals surface area contributed by atoms with Crippen LogP contribution in [0.4, 0.5) is 29.1 Å². The Morgan fingerprint density at radius 1 is 0.829 bits per heavy atom. The molecule has 1 aliphatic rings. The van der Waals surface area contributed by atoms with Gasteiger partial charge in [-0.15, -0.1) is 0 Å². The van der Waals surface area contributed by atoms with Gasteiger partial charge in [0.1, 0.15) is 11.6 Å². The van der Waals surface area contributed by atoms with Crippen LogP contribution in [0.3, 0.4) is 0 Å². The van der Waals surface area contributed by atoms with E-state index in [-0.39, 0.29) is 28.5 Å². The summed E-state index contributed by atoms with van der Waals surface area (Å²) in [5, 5.41) is 6.60. The van der Waals surface area contributed by atoms with Crippen LogP contribution in [0.25, 0.3) is 28.3 Å². The number of rotatable bonds is 4. The Morgan fingerprint density at radius 2 is 1.49 bits per heavy atom. The second-order valence-corrected chi connectivity index (χ2v) is 8.16. The van der Waals surface area contributed by atoms with E-state index in [0.29, 0.717) is 6.54 Å². The monoisotopic (exact) mass is 476 g/mol. The highest BCUT2D eigenvalue weighted by Crippen LogP contribution is 2.38. The number of nitrogens with one attached hydrogen (secondary N) is 2. The Bertz CT molecular complexity index is 1440. The maximum atomic E-state index is 14.6. The van der Waals surface area contributed by atoms with Crippen molar-refractivity contribution in [3.8, 4) is 22.6 Å². The van der Waals surface area contributed by atoms with E-state index in [1.807, 2.05) is 31.2 Å². The lowest BCUT2D eigenvalue weighted by atomic mass is 10.0. The van der Waals surface area contributed by atoms with Crippen molar-refractivity contribution >= 4 is 17.2 Å². The highest BCUT2D eigenvalue weighted by Gasteiger charge is 2.34. The first-order valence-electron chi connectivity index (χ1n) is 10.9. The molecule has 2 N–H and O–H groups in total. The number of hydrogen-bond donors (Lipinski definition) is 2. The molecule has 8 heteroatoms. The fourth-order valence-corrected chi connectivity index (χ4v) is 4.07. The second kappa shape index (κ2) is 8.87. The second-order valence-electron chi connectivity index (χ2n) is 8.16. The minimum absolute atomic E-state index is 0.151. The molecule has 0 aliphatic carbocycles. The maximum Gasteiger partial charge on any atom is 0.417 e. The Labute approximate surface area is 199 Å². The summed E-state index contributed by atoms with van der Waals surface area (Å²) in [5.41, 5.74) is 2.90. The highest BCUT2D eigenvalue weighted by atomic mass is 19.4. The number of alkyl halides is 3. The van der Waals surface area contributed by atoms with Gasteiger partial charge in [-0.25, -0.2) is 14.4 Å². The van der Waals surface area contributed by atoms with Crippen LogP contribution < -0.4 is 10.6 Å². The third-order valence-electron chi connectivity index (χ3n) is 5.77. The third kappa shape index (κ3) is 4.47. The summed E-state index contributed by atoms with van der Waals surface area (Å²) in [4.78, 5) is 8.78. The first-order valence-corrected chi connectivity index (χ1v) is 10.9. The quantitative estimate of drug-likeness (QED) is 0.305. The third-order valence-corrected chi connectivity index (χ3v) is 5.77. The molecule has 0 amide bonds. The number of nitrogens with zero attached hydrogens (tertiary/aromatic N) is 2. The van der Waals surface area contributed by atoms with Crippen molar-refractivity contribution < 1.29 is 17.6 Å². The minimum Gasteiger partial charge on any atom is -0.381 e. The fourth-order valence-electron chi connectivity index (χ4n) is 4.07.